The number of aliphatic hydroxyl groups is 1. The van der Waals surface area contributed by atoms with Crippen molar-refractivity contribution in [3.8, 4) is 11.1 Å². The predicted octanol–water partition coefficient (Wildman–Crippen LogP) is 5.12. The zero-order chi connectivity index (χ0) is 25.6. The SMILES string of the molecule is COC(=O)Nc1ccc(C2=CN=C(C3(O)CCc4cc(-c5c(F)ccc(Cl)c5F)c[n+]([O-])c43)C2)cc1. The molecule has 2 aliphatic rings. The van der Waals surface area contributed by atoms with Crippen molar-refractivity contribution < 1.29 is 28.1 Å². The third kappa shape index (κ3) is 4.00. The molecule has 1 aliphatic heterocycles. The van der Waals surface area contributed by atoms with Crippen molar-refractivity contribution in [3.63, 3.8) is 0 Å². The molecule has 2 aromatic carbocycles. The van der Waals surface area contributed by atoms with Crippen molar-refractivity contribution in [1.29, 1.82) is 0 Å². The van der Waals surface area contributed by atoms with Crippen LogP contribution in [0.2, 0.25) is 5.02 Å². The van der Waals surface area contributed by atoms with Gasteiger partial charge in [0.05, 0.1) is 29.0 Å². The van der Waals surface area contributed by atoms with Crippen molar-refractivity contribution >= 4 is 34.7 Å². The van der Waals surface area contributed by atoms with E-state index in [9.17, 15) is 23.9 Å². The number of fused-ring (bicyclic) bond motifs is 1. The van der Waals surface area contributed by atoms with Crippen LogP contribution >= 0.6 is 11.6 Å². The number of anilines is 1. The molecule has 184 valence electrons. The van der Waals surface area contributed by atoms with Crippen LogP contribution in [-0.2, 0) is 16.8 Å². The van der Waals surface area contributed by atoms with E-state index < -0.39 is 28.9 Å². The van der Waals surface area contributed by atoms with Gasteiger partial charge < -0.3 is 15.1 Å². The molecule has 1 amide bonds. The number of nitrogens with one attached hydrogen (secondary N) is 1. The van der Waals surface area contributed by atoms with E-state index in [1.54, 1.807) is 30.5 Å². The molecular formula is C26H20ClF2N3O4. The van der Waals surface area contributed by atoms with Crippen LogP contribution in [0.4, 0.5) is 19.3 Å². The summed E-state index contributed by atoms with van der Waals surface area (Å²) in [6.07, 6.45) is 2.94. The number of carbonyl (C=O) groups is 1. The number of nitrogens with zero attached hydrogens (tertiary/aromatic N) is 2. The number of aromatic nitrogens is 1. The molecule has 0 fully saturated rings. The highest BCUT2D eigenvalue weighted by molar-refractivity contribution is 6.31. The lowest BCUT2D eigenvalue weighted by Gasteiger charge is -2.23. The molecule has 2 heterocycles. The fourth-order valence-corrected chi connectivity index (χ4v) is 4.86. The Kier molecular flexibility index (Phi) is 5.97. The molecule has 3 aromatic rings. The fourth-order valence-electron chi connectivity index (χ4n) is 4.70. The van der Waals surface area contributed by atoms with Crippen LogP contribution in [0, 0.1) is 16.8 Å². The van der Waals surface area contributed by atoms with E-state index >= 15 is 0 Å². The van der Waals surface area contributed by atoms with E-state index in [-0.39, 0.29) is 22.7 Å². The minimum atomic E-state index is -1.62. The average molecular weight is 512 g/mol. The monoisotopic (exact) mass is 511 g/mol. The number of hydrogen-bond acceptors (Lipinski definition) is 5. The maximum atomic E-state index is 14.6. The molecule has 0 bridgehead atoms. The first-order valence-electron chi connectivity index (χ1n) is 11.1. The summed E-state index contributed by atoms with van der Waals surface area (Å²) in [5, 5.41) is 26.9. The second kappa shape index (κ2) is 9.00. The number of pyridine rings is 1. The molecule has 0 radical (unpaired) electrons. The van der Waals surface area contributed by atoms with Crippen LogP contribution in [0.3, 0.4) is 0 Å². The summed E-state index contributed by atoms with van der Waals surface area (Å²) in [4.78, 5) is 15.8. The zero-order valence-corrected chi connectivity index (χ0v) is 19.8. The maximum Gasteiger partial charge on any atom is 0.411 e. The maximum absolute atomic E-state index is 14.6. The molecule has 2 N–H and O–H groups in total. The number of methoxy groups -OCH3 is 1. The summed E-state index contributed by atoms with van der Waals surface area (Å²) in [5.74, 6) is -1.79. The van der Waals surface area contributed by atoms with Gasteiger partial charge in [0.1, 0.15) is 5.82 Å². The second-order valence-corrected chi connectivity index (χ2v) is 9.01. The first-order chi connectivity index (χ1) is 17.2. The summed E-state index contributed by atoms with van der Waals surface area (Å²) in [6.45, 7) is 0. The van der Waals surface area contributed by atoms with Crippen LogP contribution in [-0.4, -0.2) is 24.0 Å². The minimum absolute atomic E-state index is 0.0401. The van der Waals surface area contributed by atoms with Gasteiger partial charge in [0.2, 0.25) is 5.69 Å². The Morgan fingerprint density at radius 2 is 1.97 bits per heavy atom. The smallest absolute Gasteiger partial charge is 0.411 e. The number of benzene rings is 2. The number of amides is 1. The Morgan fingerprint density at radius 3 is 2.69 bits per heavy atom. The van der Waals surface area contributed by atoms with Gasteiger partial charge >= 0.3 is 6.09 Å². The topological polar surface area (TPSA) is 97.9 Å². The van der Waals surface area contributed by atoms with Gasteiger partial charge in [-0.25, -0.2) is 13.6 Å². The van der Waals surface area contributed by atoms with Gasteiger partial charge in [-0.3, -0.25) is 10.3 Å². The summed E-state index contributed by atoms with van der Waals surface area (Å²) >= 11 is 5.81. The van der Waals surface area contributed by atoms with Crippen molar-refractivity contribution in [3.05, 3.63) is 93.5 Å². The van der Waals surface area contributed by atoms with E-state index in [4.69, 9.17) is 11.6 Å². The second-order valence-electron chi connectivity index (χ2n) is 8.61. The van der Waals surface area contributed by atoms with E-state index in [0.29, 0.717) is 34.5 Å². The van der Waals surface area contributed by atoms with Gasteiger partial charge in [-0.1, -0.05) is 23.7 Å². The quantitative estimate of drug-likeness (QED) is 0.289. The largest absolute Gasteiger partial charge is 0.618 e. The van der Waals surface area contributed by atoms with Gasteiger partial charge in [0.25, 0.3) is 0 Å². The lowest BCUT2D eigenvalue weighted by Crippen LogP contribution is -2.45. The van der Waals surface area contributed by atoms with Crippen LogP contribution in [0.25, 0.3) is 16.7 Å². The Bertz CT molecular complexity index is 1460. The van der Waals surface area contributed by atoms with Gasteiger partial charge in [-0.15, -0.1) is 0 Å². The molecule has 7 nitrogen and oxygen atoms in total. The number of halogens is 3. The van der Waals surface area contributed by atoms with E-state index in [0.717, 1.165) is 29.5 Å². The standard InChI is InChI=1S/C26H20ClF2N3O4/c1-36-25(33)31-18-4-2-14(3-5-18)16-11-21(30-12-16)26(34)9-8-15-10-17(13-32(35)24(15)26)22-20(28)7-6-19(27)23(22)29/h2-7,10,12-13,34H,8-9,11H2,1H3,(H,31,33). The number of aliphatic imine (C=N–C) groups is 1. The third-order valence-electron chi connectivity index (χ3n) is 6.49. The molecule has 1 unspecified atom stereocenters. The minimum Gasteiger partial charge on any atom is -0.618 e. The number of rotatable bonds is 4. The summed E-state index contributed by atoms with van der Waals surface area (Å²) in [7, 11) is 1.28. The van der Waals surface area contributed by atoms with E-state index in [1.165, 1.54) is 13.2 Å². The zero-order valence-electron chi connectivity index (χ0n) is 19.0. The van der Waals surface area contributed by atoms with Crippen LogP contribution in [0.15, 0.2) is 59.9 Å². The number of carbonyl (C=O) groups excluding carboxylic acids is 1. The molecule has 1 aliphatic carbocycles. The van der Waals surface area contributed by atoms with Crippen LogP contribution < -0.4 is 10.0 Å². The molecule has 0 spiro atoms. The third-order valence-corrected chi connectivity index (χ3v) is 6.78. The highest BCUT2D eigenvalue weighted by Gasteiger charge is 2.49. The highest BCUT2D eigenvalue weighted by Crippen LogP contribution is 2.42. The Labute approximate surface area is 209 Å². The van der Waals surface area contributed by atoms with Crippen LogP contribution in [0.1, 0.15) is 29.7 Å². The highest BCUT2D eigenvalue weighted by atomic mass is 35.5. The van der Waals surface area contributed by atoms with E-state index in [1.807, 2.05) is 0 Å². The van der Waals surface area contributed by atoms with Crippen molar-refractivity contribution in [2.24, 2.45) is 4.99 Å². The van der Waals surface area contributed by atoms with Gasteiger partial charge in [0.15, 0.2) is 17.6 Å². The first kappa shape index (κ1) is 23.9. The Morgan fingerprint density at radius 1 is 1.22 bits per heavy atom. The van der Waals surface area contributed by atoms with E-state index in [2.05, 4.69) is 15.0 Å². The van der Waals surface area contributed by atoms with Gasteiger partial charge in [-0.05, 0) is 54.3 Å². The molecular weight excluding hydrogens is 492 g/mol. The Balaban J connectivity index is 1.40. The molecule has 36 heavy (non-hydrogen) atoms. The number of ether oxygens (including phenoxy) is 1. The predicted molar refractivity (Wildman–Crippen MR) is 130 cm³/mol. The first-order valence-corrected chi connectivity index (χ1v) is 11.4. The molecule has 1 atom stereocenters. The van der Waals surface area contributed by atoms with Crippen LogP contribution in [0.5, 0.6) is 0 Å². The van der Waals surface area contributed by atoms with Crippen molar-refractivity contribution in [1.82, 2.24) is 0 Å². The summed E-state index contributed by atoms with van der Waals surface area (Å²) in [6, 6.07) is 10.7. The van der Waals surface area contributed by atoms with Crippen molar-refractivity contribution in [2.45, 2.75) is 24.9 Å². The van der Waals surface area contributed by atoms with Gasteiger partial charge in [0, 0.05) is 23.9 Å². The number of hydrogen-bond donors (Lipinski definition) is 2. The number of allylic oxidation sites excluding steroid dienone is 1. The lowest BCUT2D eigenvalue weighted by atomic mass is 9.89. The molecule has 10 heteroatoms. The fraction of sp³-hybridized carbons (Fsp3) is 0.192. The molecule has 0 saturated heterocycles. The lowest BCUT2D eigenvalue weighted by molar-refractivity contribution is -0.619. The average Bonchev–Trinajstić information content (AvgIpc) is 3.49. The molecule has 1 aromatic heterocycles. The van der Waals surface area contributed by atoms with Crippen molar-refractivity contribution in [2.75, 3.05) is 12.4 Å². The molecule has 0 saturated carbocycles. The molecule has 5 rings (SSSR count). The summed E-state index contributed by atoms with van der Waals surface area (Å²) in [5.41, 5.74) is 1.24. The van der Waals surface area contributed by atoms with Gasteiger partial charge in [-0.2, -0.15) is 4.73 Å². The number of aryl methyl sites for hydroxylation is 1. The normalized spacial score (nSPS) is 18.5. The summed E-state index contributed by atoms with van der Waals surface area (Å²) < 4.78 is 34.0. The Hall–Kier alpha value is -3.82.